The highest BCUT2D eigenvalue weighted by atomic mass is 16.4. The quantitative estimate of drug-likeness (QED) is 0.807. The number of hydrogen-bond acceptors (Lipinski definition) is 2. The summed E-state index contributed by atoms with van der Waals surface area (Å²) < 4.78 is 0. The van der Waals surface area contributed by atoms with Crippen molar-refractivity contribution in [2.24, 2.45) is 11.8 Å². The highest BCUT2D eigenvalue weighted by molar-refractivity contribution is 5.74. The van der Waals surface area contributed by atoms with Crippen molar-refractivity contribution in [2.45, 2.75) is 46.1 Å². The van der Waals surface area contributed by atoms with Crippen LogP contribution in [0.15, 0.2) is 0 Å². The van der Waals surface area contributed by atoms with E-state index < -0.39 is 5.97 Å². The zero-order chi connectivity index (χ0) is 13.7. The van der Waals surface area contributed by atoms with Gasteiger partial charge in [-0.05, 0) is 31.6 Å². The van der Waals surface area contributed by atoms with Crippen LogP contribution in [0.2, 0.25) is 0 Å². The van der Waals surface area contributed by atoms with Gasteiger partial charge in [0.1, 0.15) is 0 Å². The SMILES string of the molecule is CC(CNC(=O)N1CCCC(C)C1C)CC(=O)O. The molecule has 1 aliphatic heterocycles. The van der Waals surface area contributed by atoms with Gasteiger partial charge in [-0.2, -0.15) is 0 Å². The van der Waals surface area contributed by atoms with E-state index in [0.29, 0.717) is 12.5 Å². The normalized spacial score (nSPS) is 25.6. The molecule has 5 nitrogen and oxygen atoms in total. The van der Waals surface area contributed by atoms with E-state index in [0.717, 1.165) is 13.0 Å². The molecule has 2 amide bonds. The zero-order valence-electron chi connectivity index (χ0n) is 11.5. The fourth-order valence-electron chi connectivity index (χ4n) is 2.36. The number of hydrogen-bond donors (Lipinski definition) is 2. The van der Waals surface area contributed by atoms with Crippen molar-refractivity contribution < 1.29 is 14.7 Å². The number of carbonyl (C=O) groups excluding carboxylic acids is 1. The Morgan fingerprint density at radius 2 is 2.11 bits per heavy atom. The molecule has 0 saturated carbocycles. The third kappa shape index (κ3) is 4.20. The van der Waals surface area contributed by atoms with Crippen LogP contribution in [-0.2, 0) is 4.79 Å². The van der Waals surface area contributed by atoms with Crippen LogP contribution in [0.1, 0.15) is 40.0 Å². The van der Waals surface area contributed by atoms with Gasteiger partial charge in [0.2, 0.25) is 0 Å². The molecule has 3 atom stereocenters. The maximum Gasteiger partial charge on any atom is 0.317 e. The lowest BCUT2D eigenvalue weighted by Crippen LogP contribution is -2.51. The number of carboxylic acid groups (broad SMARTS) is 1. The lowest BCUT2D eigenvalue weighted by atomic mass is 9.92. The molecule has 0 radical (unpaired) electrons. The topological polar surface area (TPSA) is 69.6 Å². The minimum absolute atomic E-state index is 0.0380. The van der Waals surface area contributed by atoms with Crippen LogP contribution in [-0.4, -0.2) is 41.1 Å². The van der Waals surface area contributed by atoms with Crippen LogP contribution in [0.5, 0.6) is 0 Å². The molecule has 104 valence electrons. The highest BCUT2D eigenvalue weighted by Gasteiger charge is 2.28. The first kappa shape index (κ1) is 14.8. The van der Waals surface area contributed by atoms with Crippen LogP contribution >= 0.6 is 0 Å². The van der Waals surface area contributed by atoms with Crippen molar-refractivity contribution in [1.82, 2.24) is 10.2 Å². The Labute approximate surface area is 109 Å². The summed E-state index contributed by atoms with van der Waals surface area (Å²) in [5.74, 6) is -0.332. The Hall–Kier alpha value is -1.26. The Bertz CT molecular complexity index is 307. The molecule has 18 heavy (non-hydrogen) atoms. The number of piperidine rings is 1. The third-order valence-corrected chi connectivity index (χ3v) is 3.76. The van der Waals surface area contributed by atoms with E-state index in [2.05, 4.69) is 19.2 Å². The molecule has 1 heterocycles. The van der Waals surface area contributed by atoms with Crippen molar-refractivity contribution in [3.05, 3.63) is 0 Å². The van der Waals surface area contributed by atoms with E-state index in [9.17, 15) is 9.59 Å². The van der Waals surface area contributed by atoms with Gasteiger partial charge in [0.05, 0.1) is 0 Å². The predicted octanol–water partition coefficient (Wildman–Crippen LogP) is 1.93. The fraction of sp³-hybridized carbons (Fsp3) is 0.846. The average Bonchev–Trinajstić information content (AvgIpc) is 2.29. The number of nitrogens with one attached hydrogen (secondary N) is 1. The molecule has 0 spiro atoms. The van der Waals surface area contributed by atoms with Crippen molar-refractivity contribution in [3.63, 3.8) is 0 Å². The van der Waals surface area contributed by atoms with E-state index in [1.165, 1.54) is 6.42 Å². The highest BCUT2D eigenvalue weighted by Crippen LogP contribution is 2.22. The average molecular weight is 256 g/mol. The maximum absolute atomic E-state index is 12.0. The Balaban J connectivity index is 2.38. The summed E-state index contributed by atoms with van der Waals surface area (Å²) in [7, 11) is 0. The summed E-state index contributed by atoms with van der Waals surface area (Å²) in [6.07, 6.45) is 2.30. The van der Waals surface area contributed by atoms with E-state index in [-0.39, 0.29) is 24.4 Å². The molecule has 0 aliphatic carbocycles. The number of carboxylic acids is 1. The van der Waals surface area contributed by atoms with Gasteiger partial charge in [-0.1, -0.05) is 13.8 Å². The molecule has 0 aromatic heterocycles. The monoisotopic (exact) mass is 256 g/mol. The van der Waals surface area contributed by atoms with Crippen LogP contribution in [0.3, 0.4) is 0 Å². The summed E-state index contributed by atoms with van der Waals surface area (Å²) >= 11 is 0. The van der Waals surface area contributed by atoms with Gasteiger partial charge >= 0.3 is 12.0 Å². The largest absolute Gasteiger partial charge is 0.481 e. The molecule has 5 heteroatoms. The van der Waals surface area contributed by atoms with Crippen molar-refractivity contribution in [3.8, 4) is 0 Å². The molecule has 1 fully saturated rings. The molecule has 1 rings (SSSR count). The fourth-order valence-corrected chi connectivity index (χ4v) is 2.36. The van der Waals surface area contributed by atoms with Crippen molar-refractivity contribution in [2.75, 3.05) is 13.1 Å². The molecule has 0 aromatic rings. The second kappa shape index (κ2) is 6.61. The Morgan fingerprint density at radius 3 is 2.72 bits per heavy atom. The second-order valence-corrected chi connectivity index (χ2v) is 5.44. The standard InChI is InChI=1S/C13H24N2O3/c1-9(7-12(16)17)8-14-13(18)15-6-4-5-10(2)11(15)3/h9-11H,4-8H2,1-3H3,(H,14,18)(H,16,17). The summed E-state index contributed by atoms with van der Waals surface area (Å²) in [5.41, 5.74) is 0. The van der Waals surface area contributed by atoms with Gasteiger partial charge in [-0.15, -0.1) is 0 Å². The molecular weight excluding hydrogens is 232 g/mol. The van der Waals surface area contributed by atoms with E-state index in [1.54, 1.807) is 0 Å². The van der Waals surface area contributed by atoms with Crippen LogP contribution in [0.25, 0.3) is 0 Å². The van der Waals surface area contributed by atoms with E-state index in [4.69, 9.17) is 5.11 Å². The number of aliphatic carboxylic acids is 1. The molecular formula is C13H24N2O3. The molecule has 2 N–H and O–H groups in total. The van der Waals surface area contributed by atoms with Crippen LogP contribution in [0, 0.1) is 11.8 Å². The van der Waals surface area contributed by atoms with Crippen molar-refractivity contribution in [1.29, 1.82) is 0 Å². The first-order valence-corrected chi connectivity index (χ1v) is 6.68. The number of amides is 2. The minimum atomic E-state index is -0.822. The summed E-state index contributed by atoms with van der Waals surface area (Å²) in [5, 5.41) is 11.5. The molecule has 1 aliphatic rings. The van der Waals surface area contributed by atoms with E-state index >= 15 is 0 Å². The molecule has 0 bridgehead atoms. The molecule has 1 saturated heterocycles. The summed E-state index contributed by atoms with van der Waals surface area (Å²) in [4.78, 5) is 24.4. The van der Waals surface area contributed by atoms with E-state index in [1.807, 2.05) is 11.8 Å². The van der Waals surface area contributed by atoms with Crippen molar-refractivity contribution >= 4 is 12.0 Å². The van der Waals surface area contributed by atoms with Gasteiger partial charge in [0.25, 0.3) is 0 Å². The number of rotatable bonds is 4. The first-order valence-electron chi connectivity index (χ1n) is 6.68. The van der Waals surface area contributed by atoms with Crippen LogP contribution in [0.4, 0.5) is 4.79 Å². The molecule has 3 unspecified atom stereocenters. The smallest absolute Gasteiger partial charge is 0.317 e. The Kier molecular flexibility index (Phi) is 5.44. The number of urea groups is 1. The zero-order valence-corrected chi connectivity index (χ0v) is 11.5. The maximum atomic E-state index is 12.0. The first-order chi connectivity index (χ1) is 8.41. The van der Waals surface area contributed by atoms with Gasteiger partial charge in [0, 0.05) is 25.6 Å². The number of nitrogens with zero attached hydrogens (tertiary/aromatic N) is 1. The van der Waals surface area contributed by atoms with Gasteiger partial charge in [0.15, 0.2) is 0 Å². The minimum Gasteiger partial charge on any atom is -0.481 e. The van der Waals surface area contributed by atoms with Gasteiger partial charge in [-0.25, -0.2) is 4.79 Å². The third-order valence-electron chi connectivity index (χ3n) is 3.76. The summed E-state index contributed by atoms with van der Waals surface area (Å²) in [6.45, 7) is 7.28. The number of likely N-dealkylation sites (tertiary alicyclic amines) is 1. The number of carbonyl (C=O) groups is 2. The Morgan fingerprint density at radius 1 is 1.44 bits per heavy atom. The molecule has 0 aromatic carbocycles. The summed E-state index contributed by atoms with van der Waals surface area (Å²) in [6, 6.07) is 0.194. The lowest BCUT2D eigenvalue weighted by molar-refractivity contribution is -0.137. The van der Waals surface area contributed by atoms with Gasteiger partial charge in [-0.3, -0.25) is 4.79 Å². The lowest BCUT2D eigenvalue weighted by Gasteiger charge is -2.38. The second-order valence-electron chi connectivity index (χ2n) is 5.44. The van der Waals surface area contributed by atoms with Gasteiger partial charge < -0.3 is 15.3 Å². The predicted molar refractivity (Wildman–Crippen MR) is 69.4 cm³/mol. The van der Waals surface area contributed by atoms with Crippen LogP contribution < -0.4 is 5.32 Å².